The summed E-state index contributed by atoms with van der Waals surface area (Å²) >= 11 is 1.61. The van der Waals surface area contributed by atoms with Crippen molar-refractivity contribution in [3.8, 4) is 0 Å². The Bertz CT molecular complexity index is 307. The van der Waals surface area contributed by atoms with Crippen LogP contribution in [-0.2, 0) is 0 Å². The lowest BCUT2D eigenvalue weighted by atomic mass is 10.2. The van der Waals surface area contributed by atoms with Crippen LogP contribution >= 0.6 is 11.3 Å². The first-order chi connectivity index (χ1) is 6.15. The second-order valence-electron chi connectivity index (χ2n) is 2.81. The van der Waals surface area contributed by atoms with Crippen molar-refractivity contribution < 1.29 is 9.90 Å². The molecule has 0 unspecified atom stereocenters. The predicted octanol–water partition coefficient (Wildman–Crippen LogP) is 1.09. The molecule has 0 saturated heterocycles. The van der Waals surface area contributed by atoms with Gasteiger partial charge < -0.3 is 10.4 Å². The zero-order valence-corrected chi connectivity index (χ0v) is 8.57. The summed E-state index contributed by atoms with van der Waals surface area (Å²) in [5.74, 6) is -0.101. The van der Waals surface area contributed by atoms with Crippen LogP contribution in [0.25, 0.3) is 0 Å². The van der Waals surface area contributed by atoms with E-state index in [1.165, 1.54) is 0 Å². The number of carbonyl (C=O) groups excluding carboxylic acids is 1. The molecule has 0 spiro atoms. The standard InChI is InChI=1S/C9H13NO2S/c1-6-5-8(7(2)13-6)9(12)10-3-4-11/h5,11H,3-4H2,1-2H3,(H,10,12). The molecule has 0 bridgehead atoms. The number of aliphatic hydroxyl groups is 1. The van der Waals surface area contributed by atoms with Crippen LogP contribution in [0.4, 0.5) is 0 Å². The van der Waals surface area contributed by atoms with E-state index in [1.54, 1.807) is 11.3 Å². The number of hydrogen-bond acceptors (Lipinski definition) is 3. The Balaban J connectivity index is 2.70. The van der Waals surface area contributed by atoms with Crippen molar-refractivity contribution in [3.05, 3.63) is 21.4 Å². The number of aryl methyl sites for hydroxylation is 2. The Morgan fingerprint density at radius 2 is 2.31 bits per heavy atom. The third-order valence-corrected chi connectivity index (χ3v) is 2.65. The van der Waals surface area contributed by atoms with Crippen LogP contribution in [0.3, 0.4) is 0 Å². The highest BCUT2D eigenvalue weighted by Crippen LogP contribution is 2.20. The maximum absolute atomic E-state index is 11.4. The van der Waals surface area contributed by atoms with Gasteiger partial charge >= 0.3 is 0 Å². The van der Waals surface area contributed by atoms with E-state index in [9.17, 15) is 4.79 Å². The Morgan fingerprint density at radius 1 is 1.62 bits per heavy atom. The van der Waals surface area contributed by atoms with E-state index < -0.39 is 0 Å². The minimum absolute atomic E-state index is 0.0199. The number of rotatable bonds is 3. The monoisotopic (exact) mass is 199 g/mol. The molecule has 0 atom stereocenters. The summed E-state index contributed by atoms with van der Waals surface area (Å²) in [7, 11) is 0. The average molecular weight is 199 g/mol. The van der Waals surface area contributed by atoms with Crippen molar-refractivity contribution in [2.45, 2.75) is 13.8 Å². The van der Waals surface area contributed by atoms with Gasteiger partial charge in [-0.1, -0.05) is 0 Å². The zero-order valence-electron chi connectivity index (χ0n) is 7.76. The fraction of sp³-hybridized carbons (Fsp3) is 0.444. The first kappa shape index (κ1) is 10.2. The smallest absolute Gasteiger partial charge is 0.252 e. The molecule has 1 heterocycles. The van der Waals surface area contributed by atoms with Crippen LogP contribution < -0.4 is 5.32 Å². The van der Waals surface area contributed by atoms with Gasteiger partial charge in [0.1, 0.15) is 0 Å². The molecule has 0 aromatic carbocycles. The van der Waals surface area contributed by atoms with Crippen LogP contribution in [-0.4, -0.2) is 24.2 Å². The lowest BCUT2D eigenvalue weighted by Gasteiger charge is -2.01. The van der Waals surface area contributed by atoms with Crippen molar-refractivity contribution in [3.63, 3.8) is 0 Å². The normalized spacial score (nSPS) is 10.1. The molecule has 4 heteroatoms. The SMILES string of the molecule is Cc1cc(C(=O)NCCO)c(C)s1. The van der Waals surface area contributed by atoms with E-state index in [4.69, 9.17) is 5.11 Å². The summed E-state index contributed by atoms with van der Waals surface area (Å²) < 4.78 is 0. The van der Waals surface area contributed by atoms with E-state index in [1.807, 2.05) is 19.9 Å². The van der Waals surface area contributed by atoms with Crippen molar-refractivity contribution in [1.82, 2.24) is 5.32 Å². The van der Waals surface area contributed by atoms with Gasteiger partial charge in [0.15, 0.2) is 0 Å². The van der Waals surface area contributed by atoms with Crippen LogP contribution in [0.1, 0.15) is 20.1 Å². The molecular weight excluding hydrogens is 186 g/mol. The molecule has 0 aliphatic heterocycles. The lowest BCUT2D eigenvalue weighted by Crippen LogP contribution is -2.26. The number of nitrogens with one attached hydrogen (secondary N) is 1. The van der Waals surface area contributed by atoms with Crippen LogP contribution in [0, 0.1) is 13.8 Å². The molecule has 0 saturated carbocycles. The van der Waals surface area contributed by atoms with Crippen molar-refractivity contribution in [2.24, 2.45) is 0 Å². The summed E-state index contributed by atoms with van der Waals surface area (Å²) in [6.07, 6.45) is 0. The van der Waals surface area contributed by atoms with Gasteiger partial charge in [-0.3, -0.25) is 4.79 Å². The van der Waals surface area contributed by atoms with E-state index in [0.29, 0.717) is 6.54 Å². The number of thiophene rings is 1. The van der Waals surface area contributed by atoms with Gasteiger partial charge in [-0.25, -0.2) is 0 Å². The summed E-state index contributed by atoms with van der Waals surface area (Å²) in [6.45, 7) is 4.19. The molecule has 0 fully saturated rings. The Hall–Kier alpha value is -0.870. The number of aliphatic hydroxyl groups excluding tert-OH is 1. The summed E-state index contributed by atoms with van der Waals surface area (Å²) in [5.41, 5.74) is 0.718. The molecule has 2 N–H and O–H groups in total. The number of carbonyl (C=O) groups is 1. The first-order valence-corrected chi connectivity index (χ1v) is 4.93. The van der Waals surface area contributed by atoms with Crippen molar-refractivity contribution >= 4 is 17.2 Å². The number of amides is 1. The predicted molar refractivity (Wildman–Crippen MR) is 53.2 cm³/mol. The van der Waals surface area contributed by atoms with Gasteiger partial charge in [-0.15, -0.1) is 11.3 Å². The molecular formula is C9H13NO2S. The topological polar surface area (TPSA) is 49.3 Å². The second kappa shape index (κ2) is 4.39. The highest BCUT2D eigenvalue weighted by Gasteiger charge is 2.10. The fourth-order valence-corrected chi connectivity index (χ4v) is 2.04. The minimum atomic E-state index is -0.101. The van der Waals surface area contributed by atoms with Crippen LogP contribution in [0.5, 0.6) is 0 Å². The highest BCUT2D eigenvalue weighted by molar-refractivity contribution is 7.12. The molecule has 1 rings (SSSR count). The third kappa shape index (κ3) is 2.54. The summed E-state index contributed by atoms with van der Waals surface area (Å²) in [6, 6.07) is 1.87. The second-order valence-corrected chi connectivity index (χ2v) is 4.27. The van der Waals surface area contributed by atoms with Crippen molar-refractivity contribution in [1.29, 1.82) is 0 Å². The lowest BCUT2D eigenvalue weighted by molar-refractivity contribution is 0.0944. The van der Waals surface area contributed by atoms with Gasteiger partial charge in [0.25, 0.3) is 5.91 Å². The van der Waals surface area contributed by atoms with E-state index in [-0.39, 0.29) is 12.5 Å². The average Bonchev–Trinajstić information content (AvgIpc) is 2.41. The molecule has 1 amide bonds. The molecule has 0 radical (unpaired) electrons. The number of hydrogen-bond donors (Lipinski definition) is 2. The summed E-state index contributed by atoms with van der Waals surface area (Å²) in [4.78, 5) is 13.6. The molecule has 0 aliphatic carbocycles. The quantitative estimate of drug-likeness (QED) is 0.765. The maximum Gasteiger partial charge on any atom is 0.252 e. The van der Waals surface area contributed by atoms with E-state index >= 15 is 0 Å². The Morgan fingerprint density at radius 3 is 2.77 bits per heavy atom. The first-order valence-electron chi connectivity index (χ1n) is 4.11. The van der Waals surface area contributed by atoms with Crippen molar-refractivity contribution in [2.75, 3.05) is 13.2 Å². The maximum atomic E-state index is 11.4. The minimum Gasteiger partial charge on any atom is -0.395 e. The highest BCUT2D eigenvalue weighted by atomic mass is 32.1. The molecule has 0 aliphatic rings. The van der Waals surface area contributed by atoms with Gasteiger partial charge in [0.05, 0.1) is 12.2 Å². The largest absolute Gasteiger partial charge is 0.395 e. The zero-order chi connectivity index (χ0) is 9.84. The van der Waals surface area contributed by atoms with Gasteiger partial charge in [-0.05, 0) is 19.9 Å². The molecule has 72 valence electrons. The molecule has 1 aromatic heterocycles. The van der Waals surface area contributed by atoms with Crippen LogP contribution in [0.15, 0.2) is 6.07 Å². The van der Waals surface area contributed by atoms with Gasteiger partial charge in [-0.2, -0.15) is 0 Å². The fourth-order valence-electron chi connectivity index (χ4n) is 1.12. The molecule has 3 nitrogen and oxygen atoms in total. The summed E-state index contributed by atoms with van der Waals surface area (Å²) in [5, 5.41) is 11.1. The molecule has 1 aromatic rings. The van der Waals surface area contributed by atoms with E-state index in [0.717, 1.165) is 15.3 Å². The Labute approximate surface area is 81.4 Å². The van der Waals surface area contributed by atoms with Crippen LogP contribution in [0.2, 0.25) is 0 Å². The Kier molecular flexibility index (Phi) is 3.45. The molecule has 13 heavy (non-hydrogen) atoms. The van der Waals surface area contributed by atoms with Gasteiger partial charge in [0.2, 0.25) is 0 Å². The van der Waals surface area contributed by atoms with Gasteiger partial charge in [0, 0.05) is 16.3 Å². The van der Waals surface area contributed by atoms with E-state index in [2.05, 4.69) is 5.32 Å². The third-order valence-electron chi connectivity index (χ3n) is 1.68.